The second-order valence-electron chi connectivity index (χ2n) is 3.16. The molecule has 0 spiro atoms. The summed E-state index contributed by atoms with van der Waals surface area (Å²) >= 11 is 0. The Balaban J connectivity index is 3.07. The zero-order valence-corrected chi connectivity index (χ0v) is 8.12. The van der Waals surface area contributed by atoms with Gasteiger partial charge in [-0.3, -0.25) is 0 Å². The monoisotopic (exact) mass is 176 g/mol. The standard InChI is InChI=1S/C11H16N2/c1-3-5-8(2)9-6-4-7-10(12)11(9)13/h3-8H,12-13H2,1-2H3/b5-3+/t8-/m0/s1. The molecule has 0 saturated heterocycles. The van der Waals surface area contributed by atoms with Crippen LogP contribution in [0.3, 0.4) is 0 Å². The van der Waals surface area contributed by atoms with Crippen LogP contribution in [-0.4, -0.2) is 0 Å². The van der Waals surface area contributed by atoms with Gasteiger partial charge in [0.1, 0.15) is 0 Å². The van der Waals surface area contributed by atoms with Crippen molar-refractivity contribution in [3.8, 4) is 0 Å². The van der Waals surface area contributed by atoms with Crippen LogP contribution < -0.4 is 11.5 Å². The Labute approximate surface area is 79.2 Å². The number of hydrogen-bond donors (Lipinski definition) is 2. The van der Waals surface area contributed by atoms with Crippen molar-refractivity contribution in [2.75, 3.05) is 11.5 Å². The fraction of sp³-hybridized carbons (Fsp3) is 0.273. The molecule has 0 aromatic heterocycles. The third-order valence-corrected chi connectivity index (χ3v) is 2.15. The molecule has 0 heterocycles. The normalized spacial score (nSPS) is 13.4. The molecule has 0 bridgehead atoms. The van der Waals surface area contributed by atoms with Crippen LogP contribution >= 0.6 is 0 Å². The summed E-state index contributed by atoms with van der Waals surface area (Å²) in [6, 6.07) is 5.76. The highest BCUT2D eigenvalue weighted by molar-refractivity contribution is 5.68. The lowest BCUT2D eigenvalue weighted by molar-refractivity contribution is 0.969. The number of rotatable bonds is 2. The summed E-state index contributed by atoms with van der Waals surface area (Å²) in [5.41, 5.74) is 14.0. The maximum Gasteiger partial charge on any atom is 0.0586 e. The molecule has 1 aromatic carbocycles. The van der Waals surface area contributed by atoms with E-state index in [2.05, 4.69) is 13.0 Å². The second kappa shape index (κ2) is 3.99. The summed E-state index contributed by atoms with van der Waals surface area (Å²) in [4.78, 5) is 0. The molecule has 0 fully saturated rings. The molecule has 70 valence electrons. The molecular weight excluding hydrogens is 160 g/mol. The van der Waals surface area contributed by atoms with Gasteiger partial charge in [0.2, 0.25) is 0 Å². The van der Waals surface area contributed by atoms with Crippen molar-refractivity contribution in [1.29, 1.82) is 0 Å². The van der Waals surface area contributed by atoms with E-state index in [1.165, 1.54) is 0 Å². The summed E-state index contributed by atoms with van der Waals surface area (Å²) < 4.78 is 0. The summed E-state index contributed by atoms with van der Waals surface area (Å²) in [5.74, 6) is 0.327. The van der Waals surface area contributed by atoms with E-state index in [0.717, 1.165) is 5.56 Å². The van der Waals surface area contributed by atoms with E-state index in [1.54, 1.807) is 0 Å². The van der Waals surface area contributed by atoms with Crippen LogP contribution in [0.25, 0.3) is 0 Å². The predicted molar refractivity (Wildman–Crippen MR) is 58.5 cm³/mol. The number of nitrogens with two attached hydrogens (primary N) is 2. The number of hydrogen-bond acceptors (Lipinski definition) is 2. The van der Waals surface area contributed by atoms with Gasteiger partial charge < -0.3 is 11.5 Å². The van der Waals surface area contributed by atoms with Crippen LogP contribution in [0.5, 0.6) is 0 Å². The second-order valence-corrected chi connectivity index (χ2v) is 3.16. The van der Waals surface area contributed by atoms with E-state index in [0.29, 0.717) is 17.3 Å². The lowest BCUT2D eigenvalue weighted by Crippen LogP contribution is -2.01. The Hall–Kier alpha value is -1.44. The first-order chi connectivity index (χ1) is 6.16. The van der Waals surface area contributed by atoms with Gasteiger partial charge in [0.25, 0.3) is 0 Å². The topological polar surface area (TPSA) is 52.0 Å². The third-order valence-electron chi connectivity index (χ3n) is 2.15. The van der Waals surface area contributed by atoms with E-state index in [1.807, 2.05) is 31.2 Å². The van der Waals surface area contributed by atoms with Gasteiger partial charge in [0.15, 0.2) is 0 Å². The first-order valence-electron chi connectivity index (χ1n) is 4.43. The molecule has 0 unspecified atom stereocenters. The predicted octanol–water partition coefficient (Wildman–Crippen LogP) is 2.53. The average Bonchev–Trinajstić information content (AvgIpc) is 2.10. The lowest BCUT2D eigenvalue weighted by Gasteiger charge is -2.11. The summed E-state index contributed by atoms with van der Waals surface area (Å²) in [7, 11) is 0. The molecule has 0 amide bonds. The Bertz CT molecular complexity index is 316. The van der Waals surface area contributed by atoms with Crippen molar-refractivity contribution in [3.63, 3.8) is 0 Å². The maximum absolute atomic E-state index is 5.85. The van der Waals surface area contributed by atoms with Gasteiger partial charge >= 0.3 is 0 Å². The van der Waals surface area contributed by atoms with Crippen LogP contribution in [0.1, 0.15) is 25.3 Å². The molecule has 13 heavy (non-hydrogen) atoms. The molecular formula is C11H16N2. The Morgan fingerprint density at radius 2 is 2.00 bits per heavy atom. The fourth-order valence-corrected chi connectivity index (χ4v) is 1.39. The van der Waals surface area contributed by atoms with Crippen molar-refractivity contribution < 1.29 is 0 Å². The van der Waals surface area contributed by atoms with Crippen molar-refractivity contribution in [1.82, 2.24) is 0 Å². The van der Waals surface area contributed by atoms with Crippen molar-refractivity contribution in [2.45, 2.75) is 19.8 Å². The largest absolute Gasteiger partial charge is 0.397 e. The van der Waals surface area contributed by atoms with Gasteiger partial charge in [-0.2, -0.15) is 0 Å². The fourth-order valence-electron chi connectivity index (χ4n) is 1.39. The molecule has 1 aromatic rings. The number of allylic oxidation sites excluding steroid dienone is 2. The molecule has 0 aliphatic carbocycles. The summed E-state index contributed by atoms with van der Waals surface area (Å²) in [6.45, 7) is 4.10. The quantitative estimate of drug-likeness (QED) is 0.537. The van der Waals surface area contributed by atoms with E-state index < -0.39 is 0 Å². The SMILES string of the molecule is C/C=C/[C@H](C)c1cccc(N)c1N. The van der Waals surface area contributed by atoms with Crippen molar-refractivity contribution >= 4 is 11.4 Å². The minimum absolute atomic E-state index is 0.327. The number of nitrogen functional groups attached to an aromatic ring is 2. The maximum atomic E-state index is 5.85. The lowest BCUT2D eigenvalue weighted by atomic mass is 9.98. The van der Waals surface area contributed by atoms with E-state index in [-0.39, 0.29) is 0 Å². The smallest absolute Gasteiger partial charge is 0.0586 e. The first-order valence-corrected chi connectivity index (χ1v) is 4.43. The zero-order valence-electron chi connectivity index (χ0n) is 8.12. The Morgan fingerprint density at radius 1 is 1.31 bits per heavy atom. The molecule has 2 nitrogen and oxygen atoms in total. The highest BCUT2D eigenvalue weighted by atomic mass is 14.7. The molecule has 4 N–H and O–H groups in total. The van der Waals surface area contributed by atoms with E-state index >= 15 is 0 Å². The third kappa shape index (κ3) is 2.02. The molecule has 0 aliphatic heterocycles. The minimum Gasteiger partial charge on any atom is -0.397 e. The molecule has 0 aliphatic rings. The molecule has 0 radical (unpaired) electrons. The molecule has 0 saturated carbocycles. The molecule has 2 heteroatoms. The van der Waals surface area contributed by atoms with Gasteiger partial charge in [0.05, 0.1) is 11.4 Å². The van der Waals surface area contributed by atoms with E-state index in [9.17, 15) is 0 Å². The highest BCUT2D eigenvalue weighted by Gasteiger charge is 2.06. The molecule has 1 rings (SSSR count). The van der Waals surface area contributed by atoms with E-state index in [4.69, 9.17) is 11.5 Å². The van der Waals surface area contributed by atoms with Gasteiger partial charge in [0, 0.05) is 5.92 Å². The van der Waals surface area contributed by atoms with Gasteiger partial charge in [-0.1, -0.05) is 31.2 Å². The van der Waals surface area contributed by atoms with Gasteiger partial charge in [-0.25, -0.2) is 0 Å². The van der Waals surface area contributed by atoms with Crippen LogP contribution in [0.2, 0.25) is 0 Å². The van der Waals surface area contributed by atoms with Crippen LogP contribution in [0.4, 0.5) is 11.4 Å². The zero-order chi connectivity index (χ0) is 9.84. The number of anilines is 2. The number of benzene rings is 1. The Kier molecular flexibility index (Phi) is 2.96. The summed E-state index contributed by atoms with van der Waals surface area (Å²) in [5, 5.41) is 0. The molecule has 1 atom stereocenters. The van der Waals surface area contributed by atoms with Crippen LogP contribution in [0, 0.1) is 0 Å². The summed E-state index contributed by atoms with van der Waals surface area (Å²) in [6.07, 6.45) is 4.12. The van der Waals surface area contributed by atoms with Crippen LogP contribution in [0.15, 0.2) is 30.4 Å². The highest BCUT2D eigenvalue weighted by Crippen LogP contribution is 2.27. The van der Waals surface area contributed by atoms with Crippen molar-refractivity contribution in [2.24, 2.45) is 0 Å². The average molecular weight is 176 g/mol. The Morgan fingerprint density at radius 3 is 2.62 bits per heavy atom. The number of para-hydroxylation sites is 1. The minimum atomic E-state index is 0.327. The first kappa shape index (κ1) is 9.65. The van der Waals surface area contributed by atoms with Gasteiger partial charge in [-0.15, -0.1) is 0 Å². The van der Waals surface area contributed by atoms with Crippen LogP contribution in [-0.2, 0) is 0 Å². The van der Waals surface area contributed by atoms with Crippen molar-refractivity contribution in [3.05, 3.63) is 35.9 Å². The van der Waals surface area contributed by atoms with Gasteiger partial charge in [-0.05, 0) is 18.6 Å².